The Bertz CT molecular complexity index is 1150. The van der Waals surface area contributed by atoms with E-state index in [0.717, 1.165) is 53.2 Å². The van der Waals surface area contributed by atoms with E-state index in [2.05, 4.69) is 0 Å². The number of methoxy groups -OCH3 is 2. The number of benzene rings is 2. The number of ketones is 1. The molecule has 0 aliphatic carbocycles. The molecule has 0 unspecified atom stereocenters. The van der Waals surface area contributed by atoms with Crippen LogP contribution in [0.5, 0.6) is 11.5 Å². The molecule has 43 heavy (non-hydrogen) atoms. The number of likely N-dealkylation sites (tertiary alicyclic amines) is 1. The first-order valence-electron chi connectivity index (χ1n) is 15.1. The van der Waals surface area contributed by atoms with E-state index in [0.29, 0.717) is 19.3 Å². The first kappa shape index (κ1) is 33.6. The number of aryl methyl sites for hydroxylation is 2. The molecule has 0 N–H and O–H groups in total. The van der Waals surface area contributed by atoms with E-state index < -0.39 is 41.1 Å². The van der Waals surface area contributed by atoms with Crippen molar-refractivity contribution in [3.63, 3.8) is 0 Å². The standard InChI is InChI=1S/C34H45NO8/c1-6-34(2,3)30(36)31(37)35-28(32(38)42-21-9-7-11-24-13-17-26(40-4)18-14-24)23-29(35)33(39)43-22-10-8-12-25-15-19-27(41-5)20-16-25/h13-20,28-29H,6-12,21-23H2,1-5H3/t28-,29-/m1/s1. The fraction of sp³-hybridized carbons (Fsp3) is 0.529. The number of hydrogen-bond acceptors (Lipinski definition) is 8. The van der Waals surface area contributed by atoms with E-state index in [-0.39, 0.29) is 19.6 Å². The summed E-state index contributed by atoms with van der Waals surface area (Å²) in [5.41, 5.74) is 1.39. The molecule has 1 heterocycles. The third-order valence-corrected chi connectivity index (χ3v) is 8.12. The third kappa shape index (κ3) is 9.30. The van der Waals surface area contributed by atoms with Crippen LogP contribution in [0.3, 0.4) is 0 Å². The van der Waals surface area contributed by atoms with Crippen LogP contribution in [0.15, 0.2) is 48.5 Å². The van der Waals surface area contributed by atoms with Gasteiger partial charge in [-0.3, -0.25) is 9.59 Å². The quantitative estimate of drug-likeness (QED) is 0.141. The van der Waals surface area contributed by atoms with Crippen LogP contribution in [0, 0.1) is 5.41 Å². The lowest BCUT2D eigenvalue weighted by molar-refractivity contribution is -0.179. The molecule has 2 atom stereocenters. The van der Waals surface area contributed by atoms with Crippen LogP contribution in [-0.4, -0.2) is 68.0 Å². The molecule has 9 nitrogen and oxygen atoms in total. The highest BCUT2D eigenvalue weighted by atomic mass is 16.5. The Morgan fingerprint density at radius 1 is 0.721 bits per heavy atom. The van der Waals surface area contributed by atoms with Gasteiger partial charge in [-0.2, -0.15) is 0 Å². The van der Waals surface area contributed by atoms with Gasteiger partial charge in [0.25, 0.3) is 5.91 Å². The minimum Gasteiger partial charge on any atom is -0.497 e. The van der Waals surface area contributed by atoms with Crippen molar-refractivity contribution in [3.05, 3.63) is 59.7 Å². The predicted molar refractivity (Wildman–Crippen MR) is 162 cm³/mol. The van der Waals surface area contributed by atoms with Gasteiger partial charge in [0.05, 0.1) is 27.4 Å². The van der Waals surface area contributed by atoms with Crippen molar-refractivity contribution >= 4 is 23.6 Å². The highest BCUT2D eigenvalue weighted by Crippen LogP contribution is 2.32. The molecule has 1 aliphatic heterocycles. The number of esters is 2. The van der Waals surface area contributed by atoms with Gasteiger partial charge in [-0.05, 0) is 80.3 Å². The van der Waals surface area contributed by atoms with E-state index >= 15 is 0 Å². The summed E-state index contributed by atoms with van der Waals surface area (Å²) in [6, 6.07) is 13.6. The summed E-state index contributed by atoms with van der Waals surface area (Å²) in [7, 11) is 3.25. The molecule has 0 spiro atoms. The van der Waals surface area contributed by atoms with Crippen molar-refractivity contribution < 1.29 is 38.1 Å². The van der Waals surface area contributed by atoms with Gasteiger partial charge in [0, 0.05) is 11.8 Å². The van der Waals surface area contributed by atoms with Crippen molar-refractivity contribution in [1.29, 1.82) is 0 Å². The fourth-order valence-corrected chi connectivity index (χ4v) is 4.77. The summed E-state index contributed by atoms with van der Waals surface area (Å²) in [5.74, 6) is -1.10. The second-order valence-electron chi connectivity index (χ2n) is 11.5. The second kappa shape index (κ2) is 16.1. The maximum atomic E-state index is 13.3. The smallest absolute Gasteiger partial charge is 0.328 e. The van der Waals surface area contributed by atoms with Crippen LogP contribution in [0.25, 0.3) is 0 Å². The van der Waals surface area contributed by atoms with Gasteiger partial charge in [-0.25, -0.2) is 9.59 Å². The number of ether oxygens (including phenoxy) is 4. The van der Waals surface area contributed by atoms with Gasteiger partial charge in [-0.15, -0.1) is 0 Å². The van der Waals surface area contributed by atoms with E-state index in [1.165, 1.54) is 0 Å². The Morgan fingerprint density at radius 3 is 1.51 bits per heavy atom. The average Bonchev–Trinajstić information content (AvgIpc) is 3.00. The lowest BCUT2D eigenvalue weighted by Crippen LogP contribution is -2.67. The Labute approximate surface area is 254 Å². The van der Waals surface area contributed by atoms with Crippen molar-refractivity contribution in [2.75, 3.05) is 27.4 Å². The number of unbranched alkanes of at least 4 members (excludes halogenated alkanes) is 2. The van der Waals surface area contributed by atoms with Gasteiger partial charge < -0.3 is 23.8 Å². The van der Waals surface area contributed by atoms with Gasteiger partial charge in [0.15, 0.2) is 0 Å². The Balaban J connectivity index is 1.49. The molecule has 2 aromatic rings. The number of Topliss-reactive ketones (excluding diaryl/α,β-unsaturated/α-hetero) is 1. The zero-order chi connectivity index (χ0) is 31.4. The topological polar surface area (TPSA) is 108 Å². The molecule has 1 saturated heterocycles. The largest absolute Gasteiger partial charge is 0.497 e. The summed E-state index contributed by atoms with van der Waals surface area (Å²) in [6.45, 7) is 5.55. The van der Waals surface area contributed by atoms with E-state index in [4.69, 9.17) is 18.9 Å². The SMILES string of the molecule is CCC(C)(C)C(=O)C(=O)N1[C@@H](C(=O)OCCCCc2ccc(OC)cc2)C[C@@H]1C(=O)OCCCCc1ccc(OC)cc1. The van der Waals surface area contributed by atoms with Crippen molar-refractivity contribution in [2.24, 2.45) is 5.41 Å². The highest BCUT2D eigenvalue weighted by molar-refractivity contribution is 6.38. The van der Waals surface area contributed by atoms with Crippen molar-refractivity contribution in [3.8, 4) is 11.5 Å². The molecule has 0 radical (unpaired) electrons. The molecule has 0 bridgehead atoms. The number of rotatable bonds is 17. The predicted octanol–water partition coefficient (Wildman–Crippen LogP) is 5.11. The zero-order valence-electron chi connectivity index (χ0n) is 26.1. The summed E-state index contributed by atoms with van der Waals surface area (Å²) >= 11 is 0. The van der Waals surface area contributed by atoms with Gasteiger partial charge >= 0.3 is 11.9 Å². The average molecular weight is 596 g/mol. The molecule has 234 valence electrons. The summed E-state index contributed by atoms with van der Waals surface area (Å²) in [4.78, 5) is 53.2. The number of nitrogens with zero attached hydrogens (tertiary/aromatic N) is 1. The first-order valence-corrected chi connectivity index (χ1v) is 15.1. The van der Waals surface area contributed by atoms with Crippen LogP contribution < -0.4 is 9.47 Å². The maximum absolute atomic E-state index is 13.3. The molecule has 2 aromatic carbocycles. The van der Waals surface area contributed by atoms with Crippen LogP contribution in [-0.2, 0) is 41.5 Å². The minimum atomic E-state index is -0.988. The number of amides is 1. The summed E-state index contributed by atoms with van der Waals surface area (Å²) in [5, 5.41) is 0. The Kier molecular flexibility index (Phi) is 12.6. The molecule has 1 aliphatic rings. The number of carbonyl (C=O) groups excluding carboxylic acids is 4. The van der Waals surface area contributed by atoms with Crippen LogP contribution in [0.4, 0.5) is 0 Å². The lowest BCUT2D eigenvalue weighted by atomic mass is 9.82. The molecular formula is C34H45NO8. The maximum Gasteiger partial charge on any atom is 0.328 e. The molecular weight excluding hydrogens is 550 g/mol. The van der Waals surface area contributed by atoms with Crippen LogP contribution in [0.2, 0.25) is 0 Å². The molecule has 1 amide bonds. The van der Waals surface area contributed by atoms with Gasteiger partial charge in [0.1, 0.15) is 23.6 Å². The van der Waals surface area contributed by atoms with Gasteiger partial charge in [-0.1, -0.05) is 45.0 Å². The molecule has 1 fully saturated rings. The monoisotopic (exact) mass is 595 g/mol. The minimum absolute atomic E-state index is 0.0704. The zero-order valence-corrected chi connectivity index (χ0v) is 26.1. The van der Waals surface area contributed by atoms with Crippen LogP contribution in [0.1, 0.15) is 70.4 Å². The van der Waals surface area contributed by atoms with Crippen molar-refractivity contribution in [1.82, 2.24) is 4.90 Å². The van der Waals surface area contributed by atoms with Crippen molar-refractivity contribution in [2.45, 2.75) is 84.2 Å². The van der Waals surface area contributed by atoms with E-state index in [1.54, 1.807) is 28.1 Å². The van der Waals surface area contributed by atoms with E-state index in [1.807, 2.05) is 55.5 Å². The second-order valence-corrected chi connectivity index (χ2v) is 11.5. The van der Waals surface area contributed by atoms with Crippen LogP contribution >= 0.6 is 0 Å². The lowest BCUT2D eigenvalue weighted by Gasteiger charge is -2.45. The fourth-order valence-electron chi connectivity index (χ4n) is 4.77. The number of carbonyl (C=O) groups is 4. The Hall–Kier alpha value is -3.88. The highest BCUT2D eigenvalue weighted by Gasteiger charge is 2.53. The summed E-state index contributed by atoms with van der Waals surface area (Å²) in [6.07, 6.45) is 5.06. The molecule has 9 heteroatoms. The molecule has 0 saturated carbocycles. The number of hydrogen-bond donors (Lipinski definition) is 0. The summed E-state index contributed by atoms with van der Waals surface area (Å²) < 4.78 is 21.3. The molecule has 3 rings (SSSR count). The first-order chi connectivity index (χ1) is 20.6. The van der Waals surface area contributed by atoms with E-state index in [9.17, 15) is 19.2 Å². The Morgan fingerprint density at radius 2 is 1.14 bits per heavy atom. The van der Waals surface area contributed by atoms with Gasteiger partial charge in [0.2, 0.25) is 5.78 Å². The molecule has 0 aromatic heterocycles. The normalized spacial score (nSPS) is 16.2. The third-order valence-electron chi connectivity index (χ3n) is 8.12.